The van der Waals surface area contributed by atoms with Crippen molar-refractivity contribution in [2.75, 3.05) is 25.0 Å². The molecule has 5 heteroatoms. The molecule has 21 heavy (non-hydrogen) atoms. The van der Waals surface area contributed by atoms with E-state index in [-0.39, 0.29) is 24.6 Å². The van der Waals surface area contributed by atoms with Crippen LogP contribution in [-0.4, -0.2) is 41.5 Å². The highest BCUT2D eigenvalue weighted by molar-refractivity contribution is 5.93. The molecule has 0 heterocycles. The summed E-state index contributed by atoms with van der Waals surface area (Å²) in [7, 11) is 0. The van der Waals surface area contributed by atoms with Gasteiger partial charge in [0, 0.05) is 17.8 Å². The van der Waals surface area contributed by atoms with Crippen molar-refractivity contribution >= 4 is 17.6 Å². The Morgan fingerprint density at radius 2 is 1.95 bits per heavy atom. The highest BCUT2D eigenvalue weighted by Gasteiger charge is 2.14. The number of para-hydroxylation sites is 1. The Hall–Kier alpha value is -2.14. The smallest absolute Gasteiger partial charge is 0.332 e. The van der Waals surface area contributed by atoms with Gasteiger partial charge in [-0.2, -0.15) is 0 Å². The van der Waals surface area contributed by atoms with Gasteiger partial charge in [-0.05, 0) is 31.5 Å². The van der Waals surface area contributed by atoms with Gasteiger partial charge in [0.15, 0.2) is 0 Å². The first-order valence-corrected chi connectivity index (χ1v) is 6.93. The van der Waals surface area contributed by atoms with Crippen LogP contribution in [0, 0.1) is 6.92 Å². The summed E-state index contributed by atoms with van der Waals surface area (Å²) in [5.74, 6) is -1.19. The molecule has 2 N–H and O–H groups in total. The molecule has 0 aliphatic rings. The molecule has 0 saturated carbocycles. The molecule has 0 spiro atoms. The number of aryl methyl sites for hydroxylation is 1. The van der Waals surface area contributed by atoms with Gasteiger partial charge in [-0.25, -0.2) is 4.79 Å². The summed E-state index contributed by atoms with van der Waals surface area (Å²) < 4.78 is 0. The number of aliphatic carboxylic acids is 1. The number of rotatable bonds is 8. The molecule has 0 atom stereocenters. The van der Waals surface area contributed by atoms with Crippen LogP contribution in [0.3, 0.4) is 0 Å². The van der Waals surface area contributed by atoms with Crippen molar-refractivity contribution in [3.8, 4) is 0 Å². The first-order chi connectivity index (χ1) is 9.93. The molecule has 5 nitrogen and oxygen atoms in total. The van der Waals surface area contributed by atoms with Crippen molar-refractivity contribution in [2.45, 2.75) is 20.3 Å². The third-order valence-corrected chi connectivity index (χ3v) is 3.04. The van der Waals surface area contributed by atoms with Gasteiger partial charge < -0.3 is 10.4 Å². The molecule has 1 aromatic rings. The van der Waals surface area contributed by atoms with E-state index in [0.717, 1.165) is 17.7 Å². The number of hydrogen-bond acceptors (Lipinski definition) is 3. The fourth-order valence-corrected chi connectivity index (χ4v) is 1.97. The lowest BCUT2D eigenvalue weighted by Crippen LogP contribution is -2.36. The Kier molecular flexibility index (Phi) is 6.62. The third kappa shape index (κ3) is 5.79. The van der Waals surface area contributed by atoms with Crippen LogP contribution in [-0.2, 0) is 9.59 Å². The maximum atomic E-state index is 12.1. The second kappa shape index (κ2) is 8.21. The van der Waals surface area contributed by atoms with Crippen LogP contribution in [0.25, 0.3) is 0 Å². The van der Waals surface area contributed by atoms with Gasteiger partial charge in [0.25, 0.3) is 0 Å². The number of carbonyl (C=O) groups is 2. The number of amides is 1. The molecule has 0 fully saturated rings. The Morgan fingerprint density at radius 3 is 2.52 bits per heavy atom. The van der Waals surface area contributed by atoms with Crippen LogP contribution in [0.2, 0.25) is 0 Å². The zero-order valence-corrected chi connectivity index (χ0v) is 12.6. The van der Waals surface area contributed by atoms with Gasteiger partial charge in [0.05, 0.1) is 6.54 Å². The quantitative estimate of drug-likeness (QED) is 0.721. The van der Waals surface area contributed by atoms with Crippen molar-refractivity contribution in [1.29, 1.82) is 0 Å². The summed E-state index contributed by atoms with van der Waals surface area (Å²) in [6.45, 7) is 8.39. The lowest BCUT2D eigenvalue weighted by atomic mass is 10.2. The average Bonchev–Trinajstić information content (AvgIpc) is 2.41. The number of carbonyl (C=O) groups excluding carboxylic acids is 1. The first-order valence-electron chi connectivity index (χ1n) is 6.93. The lowest BCUT2D eigenvalue weighted by Gasteiger charge is -2.21. The SMILES string of the molecule is C=C(CN(CCC)CC(=O)Nc1ccccc1C)C(=O)O. The zero-order valence-electron chi connectivity index (χ0n) is 12.6. The predicted octanol–water partition coefficient (Wildman–Crippen LogP) is 2.29. The van der Waals surface area contributed by atoms with Gasteiger partial charge in [-0.1, -0.05) is 31.7 Å². The molecule has 0 aliphatic carbocycles. The maximum absolute atomic E-state index is 12.1. The number of benzene rings is 1. The molecule has 0 aliphatic heterocycles. The second-order valence-electron chi connectivity index (χ2n) is 4.98. The summed E-state index contributed by atoms with van der Waals surface area (Å²) in [5, 5.41) is 11.7. The zero-order chi connectivity index (χ0) is 15.8. The van der Waals surface area contributed by atoms with Crippen LogP contribution < -0.4 is 5.32 Å². The minimum absolute atomic E-state index is 0.0899. The van der Waals surface area contributed by atoms with Gasteiger partial charge in [0.1, 0.15) is 0 Å². The highest BCUT2D eigenvalue weighted by Crippen LogP contribution is 2.13. The Bertz CT molecular complexity index is 526. The number of anilines is 1. The van der Waals surface area contributed by atoms with Crippen LogP contribution in [0.1, 0.15) is 18.9 Å². The van der Waals surface area contributed by atoms with Crippen molar-refractivity contribution in [3.63, 3.8) is 0 Å². The third-order valence-electron chi connectivity index (χ3n) is 3.04. The van der Waals surface area contributed by atoms with Crippen LogP contribution in [0.15, 0.2) is 36.4 Å². The molecular formula is C16H22N2O3. The molecule has 0 unspecified atom stereocenters. The Balaban J connectivity index is 2.62. The molecule has 0 radical (unpaired) electrons. The van der Waals surface area contributed by atoms with Gasteiger partial charge >= 0.3 is 5.97 Å². The van der Waals surface area contributed by atoms with E-state index in [1.807, 2.05) is 38.1 Å². The second-order valence-corrected chi connectivity index (χ2v) is 4.98. The van der Waals surface area contributed by atoms with Crippen LogP contribution in [0.5, 0.6) is 0 Å². The largest absolute Gasteiger partial charge is 0.478 e. The fourth-order valence-electron chi connectivity index (χ4n) is 1.97. The van der Waals surface area contributed by atoms with E-state index in [1.165, 1.54) is 0 Å². The van der Waals surface area contributed by atoms with Crippen LogP contribution in [0.4, 0.5) is 5.69 Å². The molecular weight excluding hydrogens is 268 g/mol. The molecule has 1 rings (SSSR count). The standard InChI is InChI=1S/C16H22N2O3/c1-4-9-18(10-13(3)16(20)21)11-15(19)17-14-8-6-5-7-12(14)2/h5-8H,3-4,9-11H2,1-2H3,(H,17,19)(H,20,21). The minimum Gasteiger partial charge on any atom is -0.478 e. The first kappa shape index (κ1) is 16.9. The predicted molar refractivity (Wildman–Crippen MR) is 83.3 cm³/mol. The number of hydrogen-bond donors (Lipinski definition) is 2. The Labute approximate surface area is 125 Å². The molecule has 1 aromatic carbocycles. The average molecular weight is 290 g/mol. The number of carboxylic acids is 1. The van der Waals surface area contributed by atoms with E-state index in [1.54, 1.807) is 4.90 Å². The molecule has 0 saturated heterocycles. The van der Waals surface area contributed by atoms with E-state index in [2.05, 4.69) is 11.9 Å². The van der Waals surface area contributed by atoms with Crippen molar-refractivity contribution in [3.05, 3.63) is 42.0 Å². The lowest BCUT2D eigenvalue weighted by molar-refractivity contribution is -0.133. The Morgan fingerprint density at radius 1 is 1.29 bits per heavy atom. The summed E-state index contributed by atoms with van der Waals surface area (Å²) in [4.78, 5) is 24.7. The monoisotopic (exact) mass is 290 g/mol. The van der Waals surface area contributed by atoms with Gasteiger partial charge in [0.2, 0.25) is 5.91 Å². The van der Waals surface area contributed by atoms with Gasteiger partial charge in [-0.15, -0.1) is 0 Å². The van der Waals surface area contributed by atoms with E-state index < -0.39 is 5.97 Å². The summed E-state index contributed by atoms with van der Waals surface area (Å²) in [6, 6.07) is 7.53. The number of nitrogens with zero attached hydrogens (tertiary/aromatic N) is 1. The maximum Gasteiger partial charge on any atom is 0.332 e. The van der Waals surface area contributed by atoms with E-state index in [0.29, 0.717) is 6.54 Å². The van der Waals surface area contributed by atoms with E-state index in [9.17, 15) is 9.59 Å². The molecule has 0 bridgehead atoms. The number of nitrogens with one attached hydrogen (secondary N) is 1. The molecule has 1 amide bonds. The summed E-state index contributed by atoms with van der Waals surface area (Å²) in [5.41, 5.74) is 1.85. The van der Waals surface area contributed by atoms with Gasteiger partial charge in [-0.3, -0.25) is 9.69 Å². The normalized spacial score (nSPS) is 10.4. The van der Waals surface area contributed by atoms with Crippen LogP contribution >= 0.6 is 0 Å². The summed E-state index contributed by atoms with van der Waals surface area (Å²) in [6.07, 6.45) is 0.838. The summed E-state index contributed by atoms with van der Waals surface area (Å²) >= 11 is 0. The number of carboxylic acid groups (broad SMARTS) is 1. The topological polar surface area (TPSA) is 69.6 Å². The minimum atomic E-state index is -1.03. The fraction of sp³-hybridized carbons (Fsp3) is 0.375. The van der Waals surface area contributed by atoms with Crippen molar-refractivity contribution in [2.24, 2.45) is 0 Å². The van der Waals surface area contributed by atoms with Crippen molar-refractivity contribution < 1.29 is 14.7 Å². The molecule has 0 aromatic heterocycles. The van der Waals surface area contributed by atoms with E-state index in [4.69, 9.17) is 5.11 Å². The van der Waals surface area contributed by atoms with Crippen molar-refractivity contribution in [1.82, 2.24) is 4.90 Å². The highest BCUT2D eigenvalue weighted by atomic mass is 16.4. The van der Waals surface area contributed by atoms with E-state index >= 15 is 0 Å². The molecule has 114 valence electrons.